The standard InChI is InChI=1S/C12H14N2O4S/c1-19-5-4-11(15)13-14-12(16)8-2-3-9-10(6-8)18-7-17-9/h2-3,6H,4-5,7H2,1H3,(H,13,15)(H,14,16). The van der Waals surface area contributed by atoms with E-state index in [1.165, 1.54) is 0 Å². The van der Waals surface area contributed by atoms with Crippen LogP contribution in [-0.4, -0.2) is 30.6 Å². The van der Waals surface area contributed by atoms with Gasteiger partial charge in [0.1, 0.15) is 0 Å². The van der Waals surface area contributed by atoms with E-state index in [0.29, 0.717) is 29.2 Å². The molecule has 2 amide bonds. The molecule has 0 saturated carbocycles. The van der Waals surface area contributed by atoms with Crippen molar-refractivity contribution in [1.29, 1.82) is 0 Å². The molecule has 0 aromatic heterocycles. The highest BCUT2D eigenvalue weighted by Gasteiger charge is 2.16. The summed E-state index contributed by atoms with van der Waals surface area (Å²) in [5, 5.41) is 0. The fourth-order valence-corrected chi connectivity index (χ4v) is 1.88. The second kappa shape index (κ2) is 6.33. The highest BCUT2D eigenvalue weighted by molar-refractivity contribution is 7.98. The molecule has 0 spiro atoms. The number of carbonyl (C=O) groups is 2. The Labute approximate surface area is 114 Å². The molecule has 0 saturated heterocycles. The Hall–Kier alpha value is -1.89. The van der Waals surface area contributed by atoms with E-state index in [2.05, 4.69) is 10.9 Å². The predicted octanol–water partition coefficient (Wildman–Crippen LogP) is 0.929. The summed E-state index contributed by atoms with van der Waals surface area (Å²) in [6, 6.07) is 4.84. The zero-order chi connectivity index (χ0) is 13.7. The molecule has 0 aliphatic carbocycles. The Kier molecular flexibility index (Phi) is 4.51. The van der Waals surface area contributed by atoms with Crippen molar-refractivity contribution in [1.82, 2.24) is 10.9 Å². The van der Waals surface area contributed by atoms with Crippen molar-refractivity contribution in [2.75, 3.05) is 18.8 Å². The van der Waals surface area contributed by atoms with Gasteiger partial charge in [0.25, 0.3) is 5.91 Å². The minimum absolute atomic E-state index is 0.159. The molecular formula is C12H14N2O4S. The van der Waals surface area contributed by atoms with Crippen molar-refractivity contribution >= 4 is 23.6 Å². The molecule has 2 N–H and O–H groups in total. The molecule has 1 aromatic carbocycles. The quantitative estimate of drug-likeness (QED) is 0.803. The van der Waals surface area contributed by atoms with E-state index in [-0.39, 0.29) is 12.7 Å². The first-order valence-corrected chi connectivity index (χ1v) is 7.08. The van der Waals surface area contributed by atoms with Crippen LogP contribution in [0.4, 0.5) is 0 Å². The number of rotatable bonds is 4. The van der Waals surface area contributed by atoms with Gasteiger partial charge < -0.3 is 9.47 Å². The average Bonchev–Trinajstić information content (AvgIpc) is 2.89. The van der Waals surface area contributed by atoms with E-state index in [1.807, 2.05) is 6.26 Å². The molecule has 1 aliphatic heterocycles. The normalized spacial score (nSPS) is 12.1. The minimum Gasteiger partial charge on any atom is -0.454 e. The number of fused-ring (bicyclic) bond motifs is 1. The van der Waals surface area contributed by atoms with Crippen LogP contribution in [0.15, 0.2) is 18.2 Å². The molecule has 1 aromatic rings. The van der Waals surface area contributed by atoms with Crippen LogP contribution in [0.3, 0.4) is 0 Å². The molecule has 0 radical (unpaired) electrons. The van der Waals surface area contributed by atoms with Gasteiger partial charge in [0.15, 0.2) is 11.5 Å². The van der Waals surface area contributed by atoms with Crippen molar-refractivity contribution in [2.24, 2.45) is 0 Å². The van der Waals surface area contributed by atoms with Gasteiger partial charge in [-0.3, -0.25) is 20.4 Å². The smallest absolute Gasteiger partial charge is 0.269 e. The maximum Gasteiger partial charge on any atom is 0.269 e. The molecule has 0 unspecified atom stereocenters. The Morgan fingerprint density at radius 3 is 2.84 bits per heavy atom. The van der Waals surface area contributed by atoms with Crippen LogP contribution in [0, 0.1) is 0 Å². The summed E-state index contributed by atoms with van der Waals surface area (Å²) < 4.78 is 10.3. The largest absolute Gasteiger partial charge is 0.454 e. The van der Waals surface area contributed by atoms with Gasteiger partial charge in [-0.2, -0.15) is 11.8 Å². The number of amides is 2. The summed E-state index contributed by atoms with van der Waals surface area (Å²) in [6.45, 7) is 0.159. The van der Waals surface area contributed by atoms with Crippen LogP contribution in [0.1, 0.15) is 16.8 Å². The molecule has 2 rings (SSSR count). The molecule has 102 valence electrons. The number of hydrogen-bond acceptors (Lipinski definition) is 5. The van der Waals surface area contributed by atoms with Crippen LogP contribution in [0.2, 0.25) is 0 Å². The molecule has 0 atom stereocenters. The zero-order valence-corrected chi connectivity index (χ0v) is 11.2. The Morgan fingerprint density at radius 2 is 2.05 bits per heavy atom. The maximum atomic E-state index is 11.8. The van der Waals surface area contributed by atoms with Crippen molar-refractivity contribution in [3.8, 4) is 11.5 Å². The molecule has 6 nitrogen and oxygen atoms in total. The minimum atomic E-state index is -0.393. The number of hydrogen-bond donors (Lipinski definition) is 2. The van der Waals surface area contributed by atoms with Gasteiger partial charge in [0, 0.05) is 17.7 Å². The van der Waals surface area contributed by atoms with Gasteiger partial charge in [0.05, 0.1) is 0 Å². The fourth-order valence-electron chi connectivity index (χ4n) is 1.49. The second-order valence-corrected chi connectivity index (χ2v) is 4.80. The van der Waals surface area contributed by atoms with Gasteiger partial charge >= 0.3 is 0 Å². The van der Waals surface area contributed by atoms with Crippen LogP contribution in [-0.2, 0) is 4.79 Å². The van der Waals surface area contributed by atoms with Crippen molar-refractivity contribution in [3.63, 3.8) is 0 Å². The van der Waals surface area contributed by atoms with Crippen LogP contribution in [0.5, 0.6) is 11.5 Å². The van der Waals surface area contributed by atoms with Gasteiger partial charge in [-0.1, -0.05) is 0 Å². The summed E-state index contributed by atoms with van der Waals surface area (Å²) in [6.07, 6.45) is 2.28. The molecule has 1 aliphatic rings. The summed E-state index contributed by atoms with van der Waals surface area (Å²) >= 11 is 1.57. The molecule has 19 heavy (non-hydrogen) atoms. The lowest BCUT2D eigenvalue weighted by atomic mass is 10.2. The SMILES string of the molecule is CSCCC(=O)NNC(=O)c1ccc2c(c1)OCO2. The first kappa shape index (κ1) is 13.5. The Morgan fingerprint density at radius 1 is 1.26 bits per heavy atom. The highest BCUT2D eigenvalue weighted by atomic mass is 32.2. The topological polar surface area (TPSA) is 76.7 Å². The van der Waals surface area contributed by atoms with E-state index in [4.69, 9.17) is 9.47 Å². The number of nitrogens with one attached hydrogen (secondary N) is 2. The Bertz CT molecular complexity index is 493. The third kappa shape index (κ3) is 3.54. The number of ether oxygens (including phenoxy) is 2. The number of carbonyl (C=O) groups excluding carboxylic acids is 2. The van der Waals surface area contributed by atoms with Crippen molar-refractivity contribution in [3.05, 3.63) is 23.8 Å². The lowest BCUT2D eigenvalue weighted by Crippen LogP contribution is -2.41. The summed E-state index contributed by atoms with van der Waals surface area (Å²) in [5.74, 6) is 1.24. The van der Waals surface area contributed by atoms with E-state index >= 15 is 0 Å². The monoisotopic (exact) mass is 282 g/mol. The maximum absolute atomic E-state index is 11.8. The van der Waals surface area contributed by atoms with Gasteiger partial charge in [0.2, 0.25) is 12.7 Å². The van der Waals surface area contributed by atoms with Crippen LogP contribution >= 0.6 is 11.8 Å². The van der Waals surface area contributed by atoms with Crippen molar-refractivity contribution in [2.45, 2.75) is 6.42 Å². The zero-order valence-electron chi connectivity index (χ0n) is 10.4. The van der Waals surface area contributed by atoms with Gasteiger partial charge in [-0.05, 0) is 24.5 Å². The Balaban J connectivity index is 1.88. The number of thioether (sulfide) groups is 1. The summed E-state index contributed by atoms with van der Waals surface area (Å²) in [4.78, 5) is 23.1. The molecule has 1 heterocycles. The lowest BCUT2D eigenvalue weighted by molar-refractivity contribution is -0.121. The van der Waals surface area contributed by atoms with E-state index in [1.54, 1.807) is 30.0 Å². The van der Waals surface area contributed by atoms with E-state index in [9.17, 15) is 9.59 Å². The average molecular weight is 282 g/mol. The van der Waals surface area contributed by atoms with Gasteiger partial charge in [-0.15, -0.1) is 0 Å². The third-order valence-electron chi connectivity index (χ3n) is 2.48. The molecule has 0 bridgehead atoms. The first-order chi connectivity index (χ1) is 9.20. The van der Waals surface area contributed by atoms with Crippen molar-refractivity contribution < 1.29 is 19.1 Å². The third-order valence-corrected chi connectivity index (χ3v) is 3.10. The molecular weight excluding hydrogens is 268 g/mol. The lowest BCUT2D eigenvalue weighted by Gasteiger charge is -2.07. The van der Waals surface area contributed by atoms with Crippen LogP contribution in [0.25, 0.3) is 0 Å². The van der Waals surface area contributed by atoms with Gasteiger partial charge in [-0.25, -0.2) is 0 Å². The predicted molar refractivity (Wildman–Crippen MR) is 71.2 cm³/mol. The second-order valence-electron chi connectivity index (χ2n) is 3.81. The fraction of sp³-hybridized carbons (Fsp3) is 0.333. The number of hydrazine groups is 1. The number of benzene rings is 1. The molecule has 7 heteroatoms. The first-order valence-electron chi connectivity index (χ1n) is 5.68. The van der Waals surface area contributed by atoms with E-state index < -0.39 is 5.91 Å². The summed E-state index contributed by atoms with van der Waals surface area (Å²) in [5.41, 5.74) is 5.11. The van der Waals surface area contributed by atoms with E-state index in [0.717, 1.165) is 0 Å². The highest BCUT2D eigenvalue weighted by Crippen LogP contribution is 2.32. The summed E-state index contributed by atoms with van der Waals surface area (Å²) in [7, 11) is 0. The molecule has 0 fully saturated rings. The van der Waals surface area contributed by atoms with Crippen LogP contribution < -0.4 is 20.3 Å².